The van der Waals surface area contributed by atoms with E-state index in [0.29, 0.717) is 6.54 Å². The maximum absolute atomic E-state index is 11.6. The van der Waals surface area contributed by atoms with Gasteiger partial charge < -0.3 is 15.3 Å². The Morgan fingerprint density at radius 1 is 1.11 bits per heavy atom. The Morgan fingerprint density at radius 3 is 2.39 bits per heavy atom. The molecule has 0 aromatic carbocycles. The normalized spacial score (nSPS) is 10.1. The van der Waals surface area contributed by atoms with E-state index in [1.165, 1.54) is 0 Å². The minimum atomic E-state index is -0.735. The summed E-state index contributed by atoms with van der Waals surface area (Å²) in [7, 11) is 1.80. The molecule has 0 atom stereocenters. The summed E-state index contributed by atoms with van der Waals surface area (Å²) in [6.07, 6.45) is 5.86. The zero-order valence-electron chi connectivity index (χ0n) is 11.6. The van der Waals surface area contributed by atoms with Crippen LogP contribution in [0.3, 0.4) is 0 Å². The Kier molecular flexibility index (Phi) is 10.1. The van der Waals surface area contributed by atoms with Crippen molar-refractivity contribution in [1.82, 2.24) is 10.2 Å². The van der Waals surface area contributed by atoms with Gasteiger partial charge in [0, 0.05) is 26.6 Å². The summed E-state index contributed by atoms with van der Waals surface area (Å²) in [6, 6.07) is -0.0195. The van der Waals surface area contributed by atoms with E-state index in [2.05, 4.69) is 12.2 Å². The molecule has 0 spiro atoms. The van der Waals surface area contributed by atoms with Gasteiger partial charge in [-0.25, -0.2) is 4.79 Å². The van der Waals surface area contributed by atoms with Crippen molar-refractivity contribution in [3.63, 3.8) is 0 Å². The van der Waals surface area contributed by atoms with E-state index in [1.54, 1.807) is 11.9 Å². The number of urea groups is 1. The Morgan fingerprint density at radius 2 is 1.78 bits per heavy atom. The van der Waals surface area contributed by atoms with Crippen LogP contribution in [0, 0.1) is 0 Å². The molecule has 5 heteroatoms. The lowest BCUT2D eigenvalue weighted by molar-refractivity contribution is -0.137. The van der Waals surface area contributed by atoms with Crippen LogP contribution in [-0.4, -0.2) is 42.1 Å². The van der Waals surface area contributed by atoms with Crippen molar-refractivity contribution in [2.45, 2.75) is 51.9 Å². The molecule has 0 unspecified atom stereocenters. The van der Waals surface area contributed by atoms with Crippen LogP contribution in [0.15, 0.2) is 0 Å². The first-order chi connectivity index (χ1) is 8.57. The maximum Gasteiger partial charge on any atom is 0.317 e. The van der Waals surface area contributed by atoms with Crippen LogP contribution < -0.4 is 5.32 Å². The van der Waals surface area contributed by atoms with Crippen LogP contribution in [0.4, 0.5) is 4.79 Å². The minimum absolute atomic E-state index is 0.0195. The lowest BCUT2D eigenvalue weighted by atomic mass is 10.1. The van der Waals surface area contributed by atoms with Crippen molar-refractivity contribution in [3.8, 4) is 0 Å². The molecule has 0 aromatic rings. The zero-order valence-corrected chi connectivity index (χ0v) is 11.6. The van der Waals surface area contributed by atoms with Gasteiger partial charge in [-0.2, -0.15) is 0 Å². The van der Waals surface area contributed by atoms with Crippen molar-refractivity contribution < 1.29 is 14.7 Å². The Bertz CT molecular complexity index is 244. The molecular weight excluding hydrogens is 232 g/mol. The quantitative estimate of drug-likeness (QED) is 0.591. The number of carboxylic acids is 1. The molecule has 0 radical (unpaired) electrons. The van der Waals surface area contributed by atoms with Crippen LogP contribution in [0.1, 0.15) is 51.9 Å². The Balaban J connectivity index is 3.37. The van der Waals surface area contributed by atoms with Gasteiger partial charge in [0.25, 0.3) is 0 Å². The van der Waals surface area contributed by atoms with Crippen LogP contribution >= 0.6 is 0 Å². The maximum atomic E-state index is 11.6. The lowest BCUT2D eigenvalue weighted by Crippen LogP contribution is -2.38. The summed E-state index contributed by atoms with van der Waals surface area (Å²) in [4.78, 5) is 23.5. The van der Waals surface area contributed by atoms with Crippen molar-refractivity contribution in [1.29, 1.82) is 0 Å². The first kappa shape index (κ1) is 16.7. The second kappa shape index (κ2) is 10.9. The van der Waals surface area contributed by atoms with E-state index in [-0.39, 0.29) is 12.5 Å². The van der Waals surface area contributed by atoms with Gasteiger partial charge in [0.05, 0.1) is 0 Å². The summed E-state index contributed by atoms with van der Waals surface area (Å²) in [5, 5.41) is 11.3. The smallest absolute Gasteiger partial charge is 0.317 e. The molecule has 0 fully saturated rings. The van der Waals surface area contributed by atoms with Gasteiger partial charge >= 0.3 is 12.0 Å². The fourth-order valence-electron chi connectivity index (χ4n) is 1.58. The van der Waals surface area contributed by atoms with E-state index in [1.807, 2.05) is 0 Å². The number of amides is 2. The molecule has 106 valence electrons. The minimum Gasteiger partial charge on any atom is -0.481 e. The number of rotatable bonds is 10. The first-order valence-corrected chi connectivity index (χ1v) is 6.78. The predicted octanol–water partition coefficient (Wildman–Crippen LogP) is 2.46. The van der Waals surface area contributed by atoms with E-state index in [9.17, 15) is 9.59 Å². The van der Waals surface area contributed by atoms with Crippen molar-refractivity contribution in [3.05, 3.63) is 0 Å². The van der Waals surface area contributed by atoms with Gasteiger partial charge in [-0.05, 0) is 19.3 Å². The van der Waals surface area contributed by atoms with Gasteiger partial charge in [-0.1, -0.05) is 26.2 Å². The SMILES string of the molecule is CCCCN(C)C(=O)NCCCCCCC(=O)O. The molecule has 2 N–H and O–H groups in total. The Labute approximate surface area is 110 Å². The molecule has 0 saturated heterocycles. The average Bonchev–Trinajstić information content (AvgIpc) is 2.34. The summed E-state index contributed by atoms with van der Waals surface area (Å²) >= 11 is 0. The predicted molar refractivity (Wildman–Crippen MR) is 71.7 cm³/mol. The molecular formula is C13H26N2O3. The van der Waals surface area contributed by atoms with E-state index in [0.717, 1.165) is 45.1 Å². The Hall–Kier alpha value is -1.26. The molecule has 0 rings (SSSR count). The summed E-state index contributed by atoms with van der Waals surface area (Å²) in [5.41, 5.74) is 0. The summed E-state index contributed by atoms with van der Waals surface area (Å²) in [5.74, 6) is -0.735. The van der Waals surface area contributed by atoms with Gasteiger partial charge in [-0.15, -0.1) is 0 Å². The number of carbonyl (C=O) groups is 2. The van der Waals surface area contributed by atoms with E-state index in [4.69, 9.17) is 5.11 Å². The number of hydrogen-bond donors (Lipinski definition) is 2. The average molecular weight is 258 g/mol. The highest BCUT2D eigenvalue weighted by molar-refractivity contribution is 5.73. The summed E-state index contributed by atoms with van der Waals surface area (Å²) < 4.78 is 0. The van der Waals surface area contributed by atoms with Crippen LogP contribution in [0.2, 0.25) is 0 Å². The second-order valence-electron chi connectivity index (χ2n) is 4.56. The third-order valence-corrected chi connectivity index (χ3v) is 2.79. The number of carbonyl (C=O) groups excluding carboxylic acids is 1. The van der Waals surface area contributed by atoms with Gasteiger partial charge in [0.2, 0.25) is 0 Å². The van der Waals surface area contributed by atoms with E-state index >= 15 is 0 Å². The highest BCUT2D eigenvalue weighted by Crippen LogP contribution is 2.02. The molecule has 0 aromatic heterocycles. The molecule has 0 aliphatic heterocycles. The number of hydrogen-bond acceptors (Lipinski definition) is 2. The first-order valence-electron chi connectivity index (χ1n) is 6.78. The lowest BCUT2D eigenvalue weighted by Gasteiger charge is -2.17. The van der Waals surface area contributed by atoms with Crippen molar-refractivity contribution >= 4 is 12.0 Å². The van der Waals surface area contributed by atoms with Gasteiger partial charge in [0.15, 0.2) is 0 Å². The van der Waals surface area contributed by atoms with Gasteiger partial charge in [-0.3, -0.25) is 4.79 Å². The standard InChI is InChI=1S/C13H26N2O3/c1-3-4-11-15(2)13(18)14-10-8-6-5-7-9-12(16)17/h3-11H2,1-2H3,(H,14,18)(H,16,17). The van der Waals surface area contributed by atoms with Crippen molar-refractivity contribution in [2.75, 3.05) is 20.1 Å². The van der Waals surface area contributed by atoms with Gasteiger partial charge in [0.1, 0.15) is 0 Å². The number of nitrogens with one attached hydrogen (secondary N) is 1. The monoisotopic (exact) mass is 258 g/mol. The topological polar surface area (TPSA) is 69.6 Å². The van der Waals surface area contributed by atoms with Crippen LogP contribution in [0.5, 0.6) is 0 Å². The van der Waals surface area contributed by atoms with Crippen LogP contribution in [0.25, 0.3) is 0 Å². The molecule has 5 nitrogen and oxygen atoms in total. The van der Waals surface area contributed by atoms with Crippen molar-refractivity contribution in [2.24, 2.45) is 0 Å². The molecule has 0 aliphatic carbocycles. The molecule has 0 aliphatic rings. The molecule has 2 amide bonds. The summed E-state index contributed by atoms with van der Waals surface area (Å²) in [6.45, 7) is 3.56. The van der Waals surface area contributed by atoms with Crippen LogP contribution in [-0.2, 0) is 4.79 Å². The highest BCUT2D eigenvalue weighted by Gasteiger charge is 2.05. The fraction of sp³-hybridized carbons (Fsp3) is 0.846. The second-order valence-corrected chi connectivity index (χ2v) is 4.56. The third-order valence-electron chi connectivity index (χ3n) is 2.79. The number of aliphatic carboxylic acids is 1. The molecule has 0 bridgehead atoms. The largest absolute Gasteiger partial charge is 0.481 e. The molecule has 0 saturated carbocycles. The number of carboxylic acid groups (broad SMARTS) is 1. The number of nitrogens with zero attached hydrogens (tertiary/aromatic N) is 1. The fourth-order valence-corrected chi connectivity index (χ4v) is 1.58. The third kappa shape index (κ3) is 9.93. The zero-order chi connectivity index (χ0) is 13.8. The van der Waals surface area contributed by atoms with E-state index < -0.39 is 5.97 Å². The molecule has 0 heterocycles. The number of unbranched alkanes of at least 4 members (excludes halogenated alkanes) is 4. The molecule has 18 heavy (non-hydrogen) atoms. The highest BCUT2D eigenvalue weighted by atomic mass is 16.4.